The molecular formula is C11H16O2. The first-order valence-corrected chi connectivity index (χ1v) is 3.80. The maximum Gasteiger partial charge on any atom is 0.163 e. The number of carbonyl (C=O) groups excluding carboxylic acids is 1. The van der Waals surface area contributed by atoms with Crippen molar-refractivity contribution in [1.29, 1.82) is 0 Å². The number of carbonyl (C=O) groups is 1. The van der Waals surface area contributed by atoms with Crippen LogP contribution in [0.1, 0.15) is 30.3 Å². The molecule has 1 aromatic carbocycles. The molecule has 0 radical (unpaired) electrons. The first-order valence-electron chi connectivity index (χ1n) is 3.80. The van der Waals surface area contributed by atoms with Crippen molar-refractivity contribution >= 4 is 5.78 Å². The quantitative estimate of drug-likeness (QED) is 0.654. The van der Waals surface area contributed by atoms with Crippen molar-refractivity contribution in [1.82, 2.24) is 0 Å². The Labute approximate surface area is 79.5 Å². The molecule has 0 aromatic heterocycles. The molecule has 0 bridgehead atoms. The van der Waals surface area contributed by atoms with E-state index >= 15 is 0 Å². The van der Waals surface area contributed by atoms with Crippen LogP contribution >= 0.6 is 0 Å². The van der Waals surface area contributed by atoms with Crippen molar-refractivity contribution in [2.75, 3.05) is 7.11 Å². The van der Waals surface area contributed by atoms with Crippen LogP contribution in [0.4, 0.5) is 0 Å². The summed E-state index contributed by atoms with van der Waals surface area (Å²) >= 11 is 0. The average molecular weight is 180 g/mol. The lowest BCUT2D eigenvalue weighted by atomic mass is 10.1. The predicted molar refractivity (Wildman–Crippen MR) is 54.5 cm³/mol. The molecule has 13 heavy (non-hydrogen) atoms. The summed E-state index contributed by atoms with van der Waals surface area (Å²) in [5, 5.41) is 0. The number of hydrogen-bond donors (Lipinski definition) is 0. The van der Waals surface area contributed by atoms with Crippen LogP contribution in [0.25, 0.3) is 0 Å². The summed E-state index contributed by atoms with van der Waals surface area (Å²) in [4.78, 5) is 11.1. The Morgan fingerprint density at radius 1 is 1.38 bits per heavy atom. The van der Waals surface area contributed by atoms with E-state index in [4.69, 9.17) is 4.74 Å². The fraction of sp³-hybridized carbons (Fsp3) is 0.364. The molecule has 0 atom stereocenters. The first-order chi connectivity index (χ1) is 5.65. The third-order valence-electron chi connectivity index (χ3n) is 1.74. The van der Waals surface area contributed by atoms with Gasteiger partial charge in [0.25, 0.3) is 0 Å². The van der Waals surface area contributed by atoms with Crippen molar-refractivity contribution in [3.63, 3.8) is 0 Å². The van der Waals surface area contributed by atoms with Crippen LogP contribution in [-0.2, 0) is 0 Å². The molecule has 0 spiro atoms. The highest BCUT2D eigenvalue weighted by Gasteiger charge is 2.06. The van der Waals surface area contributed by atoms with E-state index in [1.54, 1.807) is 13.2 Å². The van der Waals surface area contributed by atoms with Crippen molar-refractivity contribution in [2.24, 2.45) is 0 Å². The van der Waals surface area contributed by atoms with Gasteiger partial charge in [0.15, 0.2) is 5.78 Å². The molecule has 1 aromatic rings. The van der Waals surface area contributed by atoms with Gasteiger partial charge in [0, 0.05) is 0 Å². The van der Waals surface area contributed by atoms with Gasteiger partial charge in [0.1, 0.15) is 5.75 Å². The van der Waals surface area contributed by atoms with Crippen LogP contribution in [0.15, 0.2) is 18.2 Å². The largest absolute Gasteiger partial charge is 0.496 e. The Morgan fingerprint density at radius 2 is 2.00 bits per heavy atom. The zero-order valence-electron chi connectivity index (χ0n) is 7.55. The number of Topliss-reactive ketones (excluding diaryl/α,β-unsaturated/α-hetero) is 1. The SMILES string of the molecule is C.COc1cc(C)ccc1C(C)=O. The van der Waals surface area contributed by atoms with Crippen LogP contribution in [0.5, 0.6) is 5.75 Å². The second kappa shape index (κ2) is 4.65. The molecule has 0 N–H and O–H groups in total. The molecule has 2 heteroatoms. The van der Waals surface area contributed by atoms with Gasteiger partial charge in [-0.15, -0.1) is 0 Å². The minimum absolute atomic E-state index is 0. The lowest BCUT2D eigenvalue weighted by Crippen LogP contribution is -1.97. The Balaban J connectivity index is 0.00000144. The van der Waals surface area contributed by atoms with Gasteiger partial charge in [0.2, 0.25) is 0 Å². The van der Waals surface area contributed by atoms with Gasteiger partial charge in [0.05, 0.1) is 12.7 Å². The summed E-state index contributed by atoms with van der Waals surface area (Å²) in [5.41, 5.74) is 1.74. The maximum atomic E-state index is 11.1. The molecule has 0 aliphatic rings. The molecule has 2 nitrogen and oxygen atoms in total. The number of ketones is 1. The van der Waals surface area contributed by atoms with Crippen LogP contribution in [-0.4, -0.2) is 12.9 Å². The molecule has 72 valence electrons. The van der Waals surface area contributed by atoms with Gasteiger partial charge in [-0.2, -0.15) is 0 Å². The molecule has 0 saturated heterocycles. The zero-order chi connectivity index (χ0) is 9.14. The Morgan fingerprint density at radius 3 is 2.46 bits per heavy atom. The lowest BCUT2D eigenvalue weighted by Gasteiger charge is -2.05. The number of hydrogen-bond acceptors (Lipinski definition) is 2. The molecule has 0 fully saturated rings. The topological polar surface area (TPSA) is 26.3 Å². The molecule has 1 rings (SSSR count). The molecule has 0 aliphatic heterocycles. The van der Waals surface area contributed by atoms with Gasteiger partial charge in [-0.25, -0.2) is 0 Å². The number of rotatable bonds is 2. The number of aryl methyl sites for hydroxylation is 1. The van der Waals surface area contributed by atoms with Crippen LogP contribution in [0.2, 0.25) is 0 Å². The standard InChI is InChI=1S/C10H12O2.CH4/c1-7-4-5-9(8(2)11)10(6-7)12-3;/h4-6H,1-3H3;1H4. The van der Waals surface area contributed by atoms with E-state index < -0.39 is 0 Å². The second-order valence-electron chi connectivity index (χ2n) is 2.76. The smallest absolute Gasteiger partial charge is 0.163 e. The summed E-state index contributed by atoms with van der Waals surface area (Å²) in [5.74, 6) is 0.689. The van der Waals surface area contributed by atoms with Crippen molar-refractivity contribution in [2.45, 2.75) is 21.3 Å². The van der Waals surface area contributed by atoms with Gasteiger partial charge < -0.3 is 4.74 Å². The number of ether oxygens (including phenoxy) is 1. The normalized spacial score (nSPS) is 8.85. The van der Waals surface area contributed by atoms with E-state index in [1.165, 1.54) is 6.92 Å². The molecular weight excluding hydrogens is 164 g/mol. The summed E-state index contributed by atoms with van der Waals surface area (Å²) < 4.78 is 5.07. The third kappa shape index (κ3) is 2.58. The average Bonchev–Trinajstić information content (AvgIpc) is 2.03. The van der Waals surface area contributed by atoms with Crippen LogP contribution in [0, 0.1) is 6.92 Å². The highest BCUT2D eigenvalue weighted by atomic mass is 16.5. The van der Waals surface area contributed by atoms with Gasteiger partial charge >= 0.3 is 0 Å². The monoisotopic (exact) mass is 180 g/mol. The number of benzene rings is 1. The fourth-order valence-corrected chi connectivity index (χ4v) is 1.09. The van der Waals surface area contributed by atoms with Crippen molar-refractivity contribution < 1.29 is 9.53 Å². The first kappa shape index (κ1) is 11.7. The third-order valence-corrected chi connectivity index (χ3v) is 1.74. The minimum Gasteiger partial charge on any atom is -0.496 e. The van der Waals surface area contributed by atoms with E-state index in [0.717, 1.165) is 5.56 Å². The Hall–Kier alpha value is -1.31. The summed E-state index contributed by atoms with van der Waals surface area (Å²) in [6, 6.07) is 5.55. The van der Waals surface area contributed by atoms with Crippen molar-refractivity contribution in [3.05, 3.63) is 29.3 Å². The Kier molecular flexibility index (Phi) is 4.18. The van der Waals surface area contributed by atoms with E-state index in [0.29, 0.717) is 11.3 Å². The molecule has 0 unspecified atom stereocenters. The Bertz CT molecular complexity index is 303. The highest BCUT2D eigenvalue weighted by molar-refractivity contribution is 5.96. The van der Waals surface area contributed by atoms with Gasteiger partial charge in [-0.3, -0.25) is 4.79 Å². The molecule has 0 amide bonds. The predicted octanol–water partition coefficient (Wildman–Crippen LogP) is 2.84. The highest BCUT2D eigenvalue weighted by Crippen LogP contribution is 2.19. The van der Waals surface area contributed by atoms with E-state index in [-0.39, 0.29) is 13.2 Å². The lowest BCUT2D eigenvalue weighted by molar-refractivity contribution is 0.101. The summed E-state index contributed by atoms with van der Waals surface area (Å²) in [7, 11) is 1.57. The maximum absolute atomic E-state index is 11.1. The van der Waals surface area contributed by atoms with Crippen LogP contribution < -0.4 is 4.74 Å². The fourth-order valence-electron chi connectivity index (χ4n) is 1.09. The van der Waals surface area contributed by atoms with Gasteiger partial charge in [-0.05, 0) is 31.5 Å². The summed E-state index contributed by atoms with van der Waals surface area (Å²) in [6.07, 6.45) is 0. The van der Waals surface area contributed by atoms with E-state index in [2.05, 4.69) is 0 Å². The molecule has 0 saturated carbocycles. The van der Waals surface area contributed by atoms with E-state index in [1.807, 2.05) is 19.1 Å². The van der Waals surface area contributed by atoms with Gasteiger partial charge in [-0.1, -0.05) is 13.5 Å². The molecule has 0 heterocycles. The zero-order valence-corrected chi connectivity index (χ0v) is 7.55. The number of methoxy groups -OCH3 is 1. The summed E-state index contributed by atoms with van der Waals surface area (Å²) in [6.45, 7) is 3.50. The van der Waals surface area contributed by atoms with Crippen LogP contribution in [0.3, 0.4) is 0 Å². The molecule has 0 aliphatic carbocycles. The second-order valence-corrected chi connectivity index (χ2v) is 2.76. The van der Waals surface area contributed by atoms with E-state index in [9.17, 15) is 4.79 Å². The van der Waals surface area contributed by atoms with Crippen molar-refractivity contribution in [3.8, 4) is 5.75 Å². The minimum atomic E-state index is 0.